The Morgan fingerprint density at radius 2 is 1.95 bits per heavy atom. The van der Waals surface area contributed by atoms with Crippen LogP contribution in [0.4, 0.5) is 5.69 Å². The fourth-order valence-corrected chi connectivity index (χ4v) is 2.41. The topological polar surface area (TPSA) is 53.0 Å². The summed E-state index contributed by atoms with van der Waals surface area (Å²) in [6.45, 7) is 4.19. The summed E-state index contributed by atoms with van der Waals surface area (Å²) < 4.78 is 3.31. The van der Waals surface area contributed by atoms with Crippen LogP contribution in [0, 0.1) is 5.92 Å². The van der Waals surface area contributed by atoms with Gasteiger partial charge in [-0.2, -0.15) is 0 Å². The van der Waals surface area contributed by atoms with Crippen LogP contribution < -0.4 is 11.3 Å². The minimum absolute atomic E-state index is 0.216. The maximum Gasteiger partial charge on any atom is 0.294 e. The standard InChI is InChI=1S/C14H18ClN3O/c1-9(2)8-12-13(16)14(19)18(17(12)3)11-7-5-4-6-10(11)15/h4-7,9H,8,16H2,1-3H3. The molecule has 4 nitrogen and oxygen atoms in total. The molecule has 0 unspecified atom stereocenters. The summed E-state index contributed by atoms with van der Waals surface area (Å²) in [6.07, 6.45) is 0.759. The third-order valence-electron chi connectivity index (χ3n) is 3.11. The number of anilines is 1. The van der Waals surface area contributed by atoms with E-state index < -0.39 is 0 Å². The molecule has 1 heterocycles. The fourth-order valence-electron chi connectivity index (χ4n) is 2.19. The van der Waals surface area contributed by atoms with Crippen molar-refractivity contribution >= 4 is 17.3 Å². The van der Waals surface area contributed by atoms with Crippen molar-refractivity contribution in [3.63, 3.8) is 0 Å². The number of hydrogen-bond donors (Lipinski definition) is 1. The van der Waals surface area contributed by atoms with Crippen molar-refractivity contribution in [2.24, 2.45) is 13.0 Å². The second-order valence-electron chi connectivity index (χ2n) is 5.05. The Morgan fingerprint density at radius 1 is 1.32 bits per heavy atom. The van der Waals surface area contributed by atoms with Crippen molar-refractivity contribution in [3.8, 4) is 5.69 Å². The highest BCUT2D eigenvalue weighted by Gasteiger charge is 2.18. The smallest absolute Gasteiger partial charge is 0.294 e. The summed E-state index contributed by atoms with van der Waals surface area (Å²) in [4.78, 5) is 12.3. The van der Waals surface area contributed by atoms with E-state index in [1.807, 2.05) is 25.2 Å². The van der Waals surface area contributed by atoms with Gasteiger partial charge in [-0.1, -0.05) is 37.6 Å². The predicted molar refractivity (Wildman–Crippen MR) is 79.0 cm³/mol. The fraction of sp³-hybridized carbons (Fsp3) is 0.357. The van der Waals surface area contributed by atoms with Crippen molar-refractivity contribution in [3.05, 3.63) is 45.3 Å². The van der Waals surface area contributed by atoms with E-state index >= 15 is 0 Å². The molecule has 0 saturated carbocycles. The van der Waals surface area contributed by atoms with E-state index in [1.165, 1.54) is 4.68 Å². The molecule has 0 amide bonds. The summed E-state index contributed by atoms with van der Waals surface area (Å²) in [5, 5.41) is 0.529. The molecular weight excluding hydrogens is 262 g/mol. The molecule has 2 aromatic rings. The van der Waals surface area contributed by atoms with Gasteiger partial charge in [0.05, 0.1) is 16.4 Å². The maximum absolute atomic E-state index is 12.3. The lowest BCUT2D eigenvalue weighted by Crippen LogP contribution is -2.21. The number of benzene rings is 1. The molecule has 1 aromatic heterocycles. The van der Waals surface area contributed by atoms with Crippen LogP contribution in [0.5, 0.6) is 0 Å². The second kappa shape index (κ2) is 5.13. The molecule has 2 N–H and O–H groups in total. The summed E-state index contributed by atoms with van der Waals surface area (Å²) in [5.41, 5.74) is 7.53. The summed E-state index contributed by atoms with van der Waals surface area (Å²) in [6, 6.07) is 7.24. The van der Waals surface area contributed by atoms with Crippen LogP contribution in [0.3, 0.4) is 0 Å². The van der Waals surface area contributed by atoms with Gasteiger partial charge in [0.25, 0.3) is 5.56 Å². The monoisotopic (exact) mass is 279 g/mol. The lowest BCUT2D eigenvalue weighted by Gasteiger charge is -2.12. The van der Waals surface area contributed by atoms with Gasteiger partial charge < -0.3 is 5.73 Å². The van der Waals surface area contributed by atoms with E-state index in [0.717, 1.165) is 12.1 Å². The lowest BCUT2D eigenvalue weighted by molar-refractivity contribution is 0.563. The minimum Gasteiger partial charge on any atom is -0.393 e. The first-order chi connectivity index (χ1) is 8.93. The Balaban J connectivity index is 2.66. The van der Waals surface area contributed by atoms with Gasteiger partial charge in [0.1, 0.15) is 5.69 Å². The number of nitrogens with zero attached hydrogens (tertiary/aromatic N) is 2. The Bertz CT molecular complexity index is 655. The number of rotatable bonds is 3. The van der Waals surface area contributed by atoms with Gasteiger partial charge in [-0.3, -0.25) is 9.48 Å². The third kappa shape index (κ3) is 2.40. The first kappa shape index (κ1) is 13.7. The molecule has 0 aliphatic rings. The SMILES string of the molecule is CC(C)Cc1c(N)c(=O)n(-c2ccccc2Cl)n1C. The van der Waals surface area contributed by atoms with Crippen molar-refractivity contribution in [2.45, 2.75) is 20.3 Å². The molecular formula is C14H18ClN3O. The van der Waals surface area contributed by atoms with E-state index in [-0.39, 0.29) is 5.56 Å². The zero-order valence-electron chi connectivity index (χ0n) is 11.4. The average Bonchev–Trinajstić information content (AvgIpc) is 2.55. The lowest BCUT2D eigenvalue weighted by atomic mass is 10.1. The number of halogens is 1. The van der Waals surface area contributed by atoms with Crippen molar-refractivity contribution in [2.75, 3.05) is 5.73 Å². The highest BCUT2D eigenvalue weighted by atomic mass is 35.5. The molecule has 102 valence electrons. The van der Waals surface area contributed by atoms with Gasteiger partial charge in [0.15, 0.2) is 0 Å². The summed E-state index contributed by atoms with van der Waals surface area (Å²) in [7, 11) is 1.83. The van der Waals surface area contributed by atoms with Crippen LogP contribution >= 0.6 is 11.6 Å². The molecule has 0 saturated heterocycles. The Labute approximate surface area is 117 Å². The zero-order valence-corrected chi connectivity index (χ0v) is 12.1. The molecule has 0 fully saturated rings. The number of hydrogen-bond acceptors (Lipinski definition) is 2. The molecule has 0 radical (unpaired) electrons. The van der Waals surface area contributed by atoms with E-state index in [0.29, 0.717) is 22.3 Å². The highest BCUT2D eigenvalue weighted by molar-refractivity contribution is 6.32. The number of nitrogen functional groups attached to an aromatic ring is 1. The molecule has 2 rings (SSSR count). The first-order valence-corrected chi connectivity index (χ1v) is 6.62. The number of para-hydroxylation sites is 1. The maximum atomic E-state index is 12.3. The van der Waals surface area contributed by atoms with E-state index in [4.69, 9.17) is 17.3 Å². The van der Waals surface area contributed by atoms with Crippen molar-refractivity contribution in [1.29, 1.82) is 0 Å². The third-order valence-corrected chi connectivity index (χ3v) is 3.43. The summed E-state index contributed by atoms with van der Waals surface area (Å²) in [5.74, 6) is 0.426. The molecule has 0 atom stereocenters. The first-order valence-electron chi connectivity index (χ1n) is 6.24. The van der Waals surface area contributed by atoms with Crippen molar-refractivity contribution < 1.29 is 0 Å². The van der Waals surface area contributed by atoms with E-state index in [1.54, 1.807) is 10.7 Å². The van der Waals surface area contributed by atoms with Crippen LogP contribution in [0.1, 0.15) is 19.5 Å². The van der Waals surface area contributed by atoms with Gasteiger partial charge >= 0.3 is 0 Å². The average molecular weight is 280 g/mol. The van der Waals surface area contributed by atoms with Gasteiger partial charge in [-0.25, -0.2) is 4.68 Å². The predicted octanol–water partition coefficient (Wildman–Crippen LogP) is 2.61. The molecule has 0 aliphatic carbocycles. The van der Waals surface area contributed by atoms with E-state index in [2.05, 4.69) is 13.8 Å². The molecule has 1 aromatic carbocycles. The normalized spacial score (nSPS) is 11.2. The van der Waals surface area contributed by atoms with Crippen LogP contribution in [0.2, 0.25) is 5.02 Å². The van der Waals surface area contributed by atoms with Gasteiger partial charge in [0, 0.05) is 7.05 Å². The Hall–Kier alpha value is -1.68. The van der Waals surface area contributed by atoms with Gasteiger partial charge in [0.2, 0.25) is 0 Å². The largest absolute Gasteiger partial charge is 0.393 e. The number of nitrogens with two attached hydrogens (primary N) is 1. The van der Waals surface area contributed by atoms with Gasteiger partial charge in [-0.05, 0) is 24.5 Å². The zero-order chi connectivity index (χ0) is 14.2. The van der Waals surface area contributed by atoms with Crippen LogP contribution in [-0.2, 0) is 13.5 Å². The molecule has 5 heteroatoms. The van der Waals surface area contributed by atoms with Crippen LogP contribution in [0.15, 0.2) is 29.1 Å². The number of aromatic nitrogens is 2. The Kier molecular flexibility index (Phi) is 3.71. The van der Waals surface area contributed by atoms with E-state index in [9.17, 15) is 4.79 Å². The highest BCUT2D eigenvalue weighted by Crippen LogP contribution is 2.21. The van der Waals surface area contributed by atoms with Crippen molar-refractivity contribution in [1.82, 2.24) is 9.36 Å². The minimum atomic E-state index is -0.216. The van der Waals surface area contributed by atoms with Crippen LogP contribution in [0.25, 0.3) is 5.69 Å². The van der Waals surface area contributed by atoms with Crippen LogP contribution in [-0.4, -0.2) is 9.36 Å². The van der Waals surface area contributed by atoms with Gasteiger partial charge in [-0.15, -0.1) is 0 Å². The quantitative estimate of drug-likeness (QED) is 0.939. The second-order valence-corrected chi connectivity index (χ2v) is 5.46. The molecule has 0 spiro atoms. The molecule has 19 heavy (non-hydrogen) atoms. The molecule has 0 bridgehead atoms. The Morgan fingerprint density at radius 3 is 2.53 bits per heavy atom. The summed E-state index contributed by atoms with van der Waals surface area (Å²) >= 11 is 6.16. The molecule has 0 aliphatic heterocycles.